The van der Waals surface area contributed by atoms with E-state index in [1.807, 2.05) is 32.9 Å². The molecule has 1 saturated heterocycles. The van der Waals surface area contributed by atoms with Gasteiger partial charge in [0, 0.05) is 12.1 Å². The Balaban J connectivity index is 1.77. The molecule has 2 aromatic rings. The number of aromatic nitrogens is 2. The van der Waals surface area contributed by atoms with Gasteiger partial charge in [-0.1, -0.05) is 50.2 Å². The third-order valence-electron chi connectivity index (χ3n) is 4.62. The highest BCUT2D eigenvalue weighted by molar-refractivity contribution is 5.69. The first kappa shape index (κ1) is 19.4. The number of rotatable bonds is 2. The van der Waals surface area contributed by atoms with Gasteiger partial charge in [-0.25, -0.2) is 4.79 Å². The molecule has 1 unspecified atom stereocenters. The third-order valence-corrected chi connectivity index (χ3v) is 4.62. The van der Waals surface area contributed by atoms with Crippen molar-refractivity contribution in [1.29, 1.82) is 0 Å². The maximum atomic E-state index is 12.5. The van der Waals surface area contributed by atoms with Gasteiger partial charge in [-0.15, -0.1) is 0 Å². The quantitative estimate of drug-likeness (QED) is 0.734. The fraction of sp³-hybridized carbons (Fsp3) is 0.571. The third kappa shape index (κ3) is 4.49. The van der Waals surface area contributed by atoms with Gasteiger partial charge in [0.1, 0.15) is 11.6 Å². The summed E-state index contributed by atoms with van der Waals surface area (Å²) in [4.78, 5) is 18.7. The molecule has 0 spiro atoms. The smallest absolute Gasteiger partial charge is 0.410 e. The molecule has 0 bridgehead atoms. The molecule has 146 valence electrons. The minimum Gasteiger partial charge on any atom is -0.444 e. The molecule has 1 fully saturated rings. The number of hydrogen-bond acceptors (Lipinski definition) is 5. The van der Waals surface area contributed by atoms with Gasteiger partial charge < -0.3 is 9.26 Å². The molecule has 0 aliphatic carbocycles. The number of carbonyl (C=O) groups excluding carboxylic acids is 1. The standard InChI is InChI=1S/C21H29N3O3/c1-20(2,3)15-11-9-14(10-12-15)17-22-18(27-23-17)16-8-7-13-24(16)19(25)26-21(4,5)6/h9-12,16H,7-8,13H2,1-6H3. The highest BCUT2D eigenvalue weighted by atomic mass is 16.6. The molecule has 0 radical (unpaired) electrons. The molecule has 6 heteroatoms. The molecule has 6 nitrogen and oxygen atoms in total. The van der Waals surface area contributed by atoms with Crippen LogP contribution in [0.15, 0.2) is 28.8 Å². The van der Waals surface area contributed by atoms with Crippen LogP contribution in [0.2, 0.25) is 0 Å². The summed E-state index contributed by atoms with van der Waals surface area (Å²) in [5.41, 5.74) is 1.72. The summed E-state index contributed by atoms with van der Waals surface area (Å²) >= 11 is 0. The summed E-state index contributed by atoms with van der Waals surface area (Å²) in [5.74, 6) is 1.01. The Morgan fingerprint density at radius 1 is 1.15 bits per heavy atom. The number of carbonyl (C=O) groups is 1. The van der Waals surface area contributed by atoms with E-state index in [1.165, 1.54) is 5.56 Å². The Labute approximate surface area is 160 Å². The van der Waals surface area contributed by atoms with Crippen molar-refractivity contribution in [3.05, 3.63) is 35.7 Å². The lowest BCUT2D eigenvalue weighted by Gasteiger charge is -2.26. The molecule has 0 N–H and O–H groups in total. The molecule has 3 rings (SSSR count). The number of likely N-dealkylation sites (tertiary alicyclic amines) is 1. The van der Waals surface area contributed by atoms with E-state index in [1.54, 1.807) is 4.90 Å². The molecular weight excluding hydrogens is 342 g/mol. The molecule has 1 aliphatic heterocycles. The van der Waals surface area contributed by atoms with Crippen LogP contribution in [0, 0.1) is 0 Å². The van der Waals surface area contributed by atoms with Crippen molar-refractivity contribution in [1.82, 2.24) is 15.0 Å². The minimum atomic E-state index is -0.529. The van der Waals surface area contributed by atoms with Crippen molar-refractivity contribution in [2.24, 2.45) is 0 Å². The van der Waals surface area contributed by atoms with E-state index < -0.39 is 5.60 Å². The minimum absolute atomic E-state index is 0.0959. The van der Waals surface area contributed by atoms with E-state index in [2.05, 4.69) is 43.0 Å². The van der Waals surface area contributed by atoms with Crippen LogP contribution in [-0.2, 0) is 10.2 Å². The Morgan fingerprint density at radius 2 is 1.81 bits per heavy atom. The van der Waals surface area contributed by atoms with Crippen LogP contribution < -0.4 is 0 Å². The first-order chi connectivity index (χ1) is 12.5. The summed E-state index contributed by atoms with van der Waals surface area (Å²) in [7, 11) is 0. The highest BCUT2D eigenvalue weighted by Gasteiger charge is 2.36. The van der Waals surface area contributed by atoms with Crippen LogP contribution in [-0.4, -0.2) is 33.3 Å². The van der Waals surface area contributed by atoms with Gasteiger partial charge in [-0.3, -0.25) is 4.90 Å². The summed E-state index contributed by atoms with van der Waals surface area (Å²) in [5, 5.41) is 4.13. The Bertz CT molecular complexity index is 797. The largest absolute Gasteiger partial charge is 0.444 e. The number of nitrogens with zero attached hydrogens (tertiary/aromatic N) is 3. The number of amides is 1. The highest BCUT2D eigenvalue weighted by Crippen LogP contribution is 2.33. The van der Waals surface area contributed by atoms with Crippen LogP contribution in [0.5, 0.6) is 0 Å². The first-order valence-electron chi connectivity index (χ1n) is 9.49. The van der Waals surface area contributed by atoms with Crippen molar-refractivity contribution >= 4 is 6.09 Å². The van der Waals surface area contributed by atoms with E-state index in [0.717, 1.165) is 18.4 Å². The maximum absolute atomic E-state index is 12.5. The summed E-state index contributed by atoms with van der Waals surface area (Å²) in [6, 6.07) is 7.97. The van der Waals surface area contributed by atoms with Crippen molar-refractivity contribution < 1.29 is 14.1 Å². The van der Waals surface area contributed by atoms with Crippen molar-refractivity contribution in [3.8, 4) is 11.4 Å². The summed E-state index contributed by atoms with van der Waals surface area (Å²) < 4.78 is 11.0. The fourth-order valence-corrected chi connectivity index (χ4v) is 3.17. The molecule has 1 atom stereocenters. The van der Waals surface area contributed by atoms with Crippen molar-refractivity contribution in [2.75, 3.05) is 6.54 Å². The molecule has 27 heavy (non-hydrogen) atoms. The van der Waals surface area contributed by atoms with Crippen LogP contribution in [0.25, 0.3) is 11.4 Å². The lowest BCUT2D eigenvalue weighted by molar-refractivity contribution is 0.0199. The Kier molecular flexibility index (Phi) is 5.02. The average molecular weight is 371 g/mol. The second kappa shape index (κ2) is 6.98. The number of benzene rings is 1. The van der Waals surface area contributed by atoms with Crippen molar-refractivity contribution in [3.63, 3.8) is 0 Å². The normalized spacial score (nSPS) is 18.0. The zero-order chi connectivity index (χ0) is 19.8. The predicted molar refractivity (Wildman–Crippen MR) is 103 cm³/mol. The zero-order valence-electron chi connectivity index (χ0n) is 17.1. The van der Waals surface area contributed by atoms with Gasteiger partial charge in [0.05, 0.1) is 0 Å². The Morgan fingerprint density at radius 3 is 2.41 bits per heavy atom. The summed E-state index contributed by atoms with van der Waals surface area (Å²) in [6.07, 6.45) is 1.35. The van der Waals surface area contributed by atoms with Crippen LogP contribution >= 0.6 is 0 Å². The topological polar surface area (TPSA) is 68.5 Å². The molecule has 0 saturated carbocycles. The van der Waals surface area contributed by atoms with Gasteiger partial charge in [-0.05, 0) is 44.6 Å². The van der Waals surface area contributed by atoms with Crippen LogP contribution in [0.4, 0.5) is 4.79 Å². The molecule has 1 aliphatic rings. The van der Waals surface area contributed by atoms with Gasteiger partial charge in [0.15, 0.2) is 0 Å². The molecule has 2 heterocycles. The number of hydrogen-bond donors (Lipinski definition) is 0. The van der Waals surface area contributed by atoms with Gasteiger partial charge in [-0.2, -0.15) is 4.98 Å². The SMILES string of the molecule is CC(C)(C)OC(=O)N1CCCC1c1nc(-c2ccc(C(C)(C)C)cc2)no1. The second-order valence-corrected chi connectivity index (χ2v) is 9.12. The fourth-order valence-electron chi connectivity index (χ4n) is 3.17. The van der Waals surface area contributed by atoms with Gasteiger partial charge in [0.2, 0.25) is 11.7 Å². The molecule has 1 aromatic heterocycles. The predicted octanol–water partition coefficient (Wildman–Crippen LogP) is 5.11. The monoisotopic (exact) mass is 371 g/mol. The number of ether oxygens (including phenoxy) is 1. The van der Waals surface area contributed by atoms with E-state index in [9.17, 15) is 4.79 Å². The van der Waals surface area contributed by atoms with Gasteiger partial charge in [0.25, 0.3) is 0 Å². The molecular formula is C21H29N3O3. The molecule has 1 aromatic carbocycles. The first-order valence-corrected chi connectivity index (χ1v) is 9.49. The van der Waals surface area contributed by atoms with E-state index in [4.69, 9.17) is 9.26 Å². The van der Waals surface area contributed by atoms with E-state index in [-0.39, 0.29) is 17.6 Å². The Hall–Kier alpha value is -2.37. The second-order valence-electron chi connectivity index (χ2n) is 9.12. The van der Waals surface area contributed by atoms with Crippen LogP contribution in [0.1, 0.15) is 71.9 Å². The van der Waals surface area contributed by atoms with Crippen molar-refractivity contribution in [2.45, 2.75) is 71.4 Å². The maximum Gasteiger partial charge on any atom is 0.410 e. The summed E-state index contributed by atoms with van der Waals surface area (Å²) in [6.45, 7) is 12.8. The van der Waals surface area contributed by atoms with Crippen LogP contribution in [0.3, 0.4) is 0 Å². The zero-order valence-corrected chi connectivity index (χ0v) is 17.1. The van der Waals surface area contributed by atoms with Gasteiger partial charge >= 0.3 is 6.09 Å². The van der Waals surface area contributed by atoms with E-state index >= 15 is 0 Å². The average Bonchev–Trinajstić information content (AvgIpc) is 3.21. The lowest BCUT2D eigenvalue weighted by atomic mass is 9.87. The van der Waals surface area contributed by atoms with E-state index in [0.29, 0.717) is 18.3 Å². The molecule has 1 amide bonds. The lowest BCUT2D eigenvalue weighted by Crippen LogP contribution is -2.36.